The molecular weight excluding hydrogens is 260 g/mol. The van der Waals surface area contributed by atoms with E-state index < -0.39 is 0 Å². The number of hydrogen-bond acceptors (Lipinski definition) is 3. The number of methoxy groups -OCH3 is 1. The molecule has 1 aromatic heterocycles. The molecule has 1 fully saturated rings. The van der Waals surface area contributed by atoms with E-state index in [1.165, 1.54) is 0 Å². The fourth-order valence-corrected chi connectivity index (χ4v) is 1.61. The number of pyridine rings is 1. The van der Waals surface area contributed by atoms with Crippen molar-refractivity contribution in [3.63, 3.8) is 0 Å². The van der Waals surface area contributed by atoms with E-state index >= 15 is 0 Å². The van der Waals surface area contributed by atoms with Gasteiger partial charge in [-0.05, 0) is 34.5 Å². The van der Waals surface area contributed by atoms with Crippen molar-refractivity contribution in [1.82, 2.24) is 4.98 Å². The van der Waals surface area contributed by atoms with Crippen LogP contribution in [-0.2, 0) is 9.53 Å². The molecule has 1 amide bonds. The second kappa shape index (κ2) is 4.28. The molecule has 1 saturated carbocycles. The molecule has 2 rings (SSSR count). The number of nitrogens with zero attached hydrogens (tertiary/aromatic N) is 1. The monoisotopic (exact) mass is 270 g/mol. The lowest BCUT2D eigenvalue weighted by atomic mass is 10.3. The van der Waals surface area contributed by atoms with E-state index in [-0.39, 0.29) is 17.9 Å². The molecule has 1 heterocycles. The molecule has 1 aliphatic rings. The standard InChI is InChI=1S/C10H11BrN2O2/c1-15-8-4-7(8)10(14)13-9-3-2-6(11)5-12-9/h2-3,5,7-8H,4H2,1H3,(H,12,13,14). The van der Waals surface area contributed by atoms with Crippen molar-refractivity contribution in [3.05, 3.63) is 22.8 Å². The van der Waals surface area contributed by atoms with Crippen LogP contribution in [0.15, 0.2) is 22.8 Å². The molecule has 5 heteroatoms. The molecule has 0 saturated heterocycles. The Morgan fingerprint density at radius 1 is 1.67 bits per heavy atom. The third kappa shape index (κ3) is 2.54. The minimum Gasteiger partial charge on any atom is -0.381 e. The average Bonchev–Trinajstić information content (AvgIpc) is 3.00. The van der Waals surface area contributed by atoms with Crippen molar-refractivity contribution in [2.45, 2.75) is 12.5 Å². The molecule has 0 spiro atoms. The van der Waals surface area contributed by atoms with Crippen LogP contribution in [0.1, 0.15) is 6.42 Å². The van der Waals surface area contributed by atoms with Gasteiger partial charge in [-0.3, -0.25) is 4.79 Å². The van der Waals surface area contributed by atoms with Gasteiger partial charge < -0.3 is 10.1 Å². The van der Waals surface area contributed by atoms with Crippen molar-refractivity contribution in [2.24, 2.45) is 5.92 Å². The lowest BCUT2D eigenvalue weighted by Gasteiger charge is -2.03. The number of ether oxygens (including phenoxy) is 1. The first-order valence-electron chi connectivity index (χ1n) is 4.66. The SMILES string of the molecule is COC1CC1C(=O)Nc1ccc(Br)cn1. The molecule has 0 radical (unpaired) electrons. The zero-order valence-electron chi connectivity index (χ0n) is 8.24. The van der Waals surface area contributed by atoms with Crippen molar-refractivity contribution in [1.29, 1.82) is 0 Å². The van der Waals surface area contributed by atoms with Gasteiger partial charge in [0.1, 0.15) is 5.82 Å². The van der Waals surface area contributed by atoms with Crippen LogP contribution in [0.25, 0.3) is 0 Å². The number of carbonyl (C=O) groups excluding carboxylic acids is 1. The Labute approximate surface area is 96.2 Å². The first-order chi connectivity index (χ1) is 7.20. The summed E-state index contributed by atoms with van der Waals surface area (Å²) in [5.41, 5.74) is 0. The number of aromatic nitrogens is 1. The minimum atomic E-state index is -0.0170. The Kier molecular flexibility index (Phi) is 3.02. The van der Waals surface area contributed by atoms with Gasteiger partial charge >= 0.3 is 0 Å². The quantitative estimate of drug-likeness (QED) is 0.912. The Bertz CT molecular complexity index is 366. The van der Waals surface area contributed by atoms with Crippen LogP contribution in [0, 0.1) is 5.92 Å². The van der Waals surface area contributed by atoms with E-state index in [1.54, 1.807) is 19.4 Å². The molecular formula is C10H11BrN2O2. The maximum atomic E-state index is 11.6. The normalized spacial score (nSPS) is 23.6. The third-order valence-corrected chi connectivity index (χ3v) is 2.82. The molecule has 1 N–H and O–H groups in total. The van der Waals surface area contributed by atoms with Crippen LogP contribution < -0.4 is 5.32 Å². The third-order valence-electron chi connectivity index (χ3n) is 2.35. The Morgan fingerprint density at radius 2 is 2.47 bits per heavy atom. The molecule has 1 aliphatic carbocycles. The first kappa shape index (κ1) is 10.6. The molecule has 2 atom stereocenters. The van der Waals surface area contributed by atoms with Gasteiger partial charge in [-0.15, -0.1) is 0 Å². The molecule has 4 nitrogen and oxygen atoms in total. The van der Waals surface area contributed by atoms with Gasteiger partial charge in [0.25, 0.3) is 0 Å². The Hall–Kier alpha value is -0.940. The predicted molar refractivity (Wildman–Crippen MR) is 59.5 cm³/mol. The lowest BCUT2D eigenvalue weighted by molar-refractivity contribution is -0.118. The summed E-state index contributed by atoms with van der Waals surface area (Å²) >= 11 is 3.28. The van der Waals surface area contributed by atoms with E-state index in [2.05, 4.69) is 26.2 Å². The maximum Gasteiger partial charge on any atom is 0.231 e. The van der Waals surface area contributed by atoms with E-state index in [9.17, 15) is 4.79 Å². The van der Waals surface area contributed by atoms with Crippen LogP contribution >= 0.6 is 15.9 Å². The van der Waals surface area contributed by atoms with Crippen molar-refractivity contribution >= 4 is 27.7 Å². The summed E-state index contributed by atoms with van der Waals surface area (Å²) in [5, 5.41) is 2.74. The summed E-state index contributed by atoms with van der Waals surface area (Å²) in [4.78, 5) is 15.6. The number of halogens is 1. The summed E-state index contributed by atoms with van der Waals surface area (Å²) in [7, 11) is 1.62. The number of hydrogen-bond donors (Lipinski definition) is 1. The predicted octanol–water partition coefficient (Wildman–Crippen LogP) is 1.82. The average molecular weight is 271 g/mol. The molecule has 15 heavy (non-hydrogen) atoms. The maximum absolute atomic E-state index is 11.6. The molecule has 80 valence electrons. The highest BCUT2D eigenvalue weighted by molar-refractivity contribution is 9.10. The minimum absolute atomic E-state index is 0.0135. The fourth-order valence-electron chi connectivity index (χ4n) is 1.38. The number of anilines is 1. The van der Waals surface area contributed by atoms with E-state index in [1.807, 2.05) is 6.07 Å². The van der Waals surface area contributed by atoms with Crippen LogP contribution in [0.4, 0.5) is 5.82 Å². The zero-order valence-corrected chi connectivity index (χ0v) is 9.82. The highest BCUT2D eigenvalue weighted by Gasteiger charge is 2.43. The molecule has 0 bridgehead atoms. The summed E-state index contributed by atoms with van der Waals surface area (Å²) in [6.07, 6.45) is 2.54. The number of rotatable bonds is 3. The molecule has 0 aromatic carbocycles. The van der Waals surface area contributed by atoms with Crippen LogP contribution in [0.3, 0.4) is 0 Å². The largest absolute Gasteiger partial charge is 0.381 e. The Morgan fingerprint density at radius 3 is 3.00 bits per heavy atom. The van der Waals surface area contributed by atoms with Crippen LogP contribution in [0.5, 0.6) is 0 Å². The lowest BCUT2D eigenvalue weighted by Crippen LogP contribution is -2.16. The van der Waals surface area contributed by atoms with Crippen molar-refractivity contribution in [3.8, 4) is 0 Å². The Balaban J connectivity index is 1.92. The summed E-state index contributed by atoms with van der Waals surface area (Å²) in [6, 6.07) is 3.59. The van der Waals surface area contributed by atoms with E-state index in [4.69, 9.17) is 4.74 Å². The van der Waals surface area contributed by atoms with Gasteiger partial charge in [0.05, 0.1) is 12.0 Å². The molecule has 0 aliphatic heterocycles. The summed E-state index contributed by atoms with van der Waals surface area (Å²) in [5.74, 6) is 0.544. The van der Waals surface area contributed by atoms with Crippen LogP contribution in [0.2, 0.25) is 0 Å². The summed E-state index contributed by atoms with van der Waals surface area (Å²) in [6.45, 7) is 0. The second-order valence-corrected chi connectivity index (χ2v) is 4.38. The first-order valence-corrected chi connectivity index (χ1v) is 5.45. The number of carbonyl (C=O) groups is 1. The number of amides is 1. The van der Waals surface area contributed by atoms with Gasteiger partial charge in [-0.1, -0.05) is 0 Å². The summed E-state index contributed by atoms with van der Waals surface area (Å²) < 4.78 is 5.95. The number of nitrogens with one attached hydrogen (secondary N) is 1. The van der Waals surface area contributed by atoms with E-state index in [0.29, 0.717) is 5.82 Å². The highest BCUT2D eigenvalue weighted by atomic mass is 79.9. The van der Waals surface area contributed by atoms with Crippen LogP contribution in [-0.4, -0.2) is 24.1 Å². The highest BCUT2D eigenvalue weighted by Crippen LogP contribution is 2.33. The van der Waals surface area contributed by atoms with Gasteiger partial charge in [0.2, 0.25) is 5.91 Å². The van der Waals surface area contributed by atoms with Gasteiger partial charge in [0.15, 0.2) is 0 Å². The molecule has 1 aromatic rings. The smallest absolute Gasteiger partial charge is 0.231 e. The zero-order chi connectivity index (χ0) is 10.8. The van der Waals surface area contributed by atoms with Gasteiger partial charge in [-0.25, -0.2) is 4.98 Å². The van der Waals surface area contributed by atoms with Gasteiger partial charge in [-0.2, -0.15) is 0 Å². The van der Waals surface area contributed by atoms with Gasteiger partial charge in [0, 0.05) is 17.8 Å². The van der Waals surface area contributed by atoms with Crippen molar-refractivity contribution < 1.29 is 9.53 Å². The van der Waals surface area contributed by atoms with E-state index in [0.717, 1.165) is 10.9 Å². The topological polar surface area (TPSA) is 51.2 Å². The second-order valence-electron chi connectivity index (χ2n) is 3.47. The molecule has 2 unspecified atom stereocenters. The fraction of sp³-hybridized carbons (Fsp3) is 0.400. The van der Waals surface area contributed by atoms with Crippen molar-refractivity contribution in [2.75, 3.05) is 12.4 Å².